The average Bonchev–Trinajstić information content (AvgIpc) is 3.46. The molecule has 0 unspecified atom stereocenters. The van der Waals surface area contributed by atoms with Crippen LogP contribution in [0.3, 0.4) is 0 Å². The Hall–Kier alpha value is -3.56. The molecule has 3 aromatic heterocycles. The number of esters is 1. The number of carbonyl (C=O) groups excluding carboxylic acids is 3. The number of amides is 2. The molecule has 1 aromatic carbocycles. The van der Waals surface area contributed by atoms with Crippen LogP contribution in [0.15, 0.2) is 47.8 Å². The highest BCUT2D eigenvalue weighted by Crippen LogP contribution is 2.35. The minimum atomic E-state index is -0.580. The zero-order valence-corrected chi connectivity index (χ0v) is 20.8. The Morgan fingerprint density at radius 3 is 2.56 bits per heavy atom. The number of aromatic nitrogens is 1. The van der Waals surface area contributed by atoms with Crippen LogP contribution in [0, 0.1) is 6.92 Å². The Balaban J connectivity index is 1.81. The Morgan fingerprint density at radius 1 is 1.12 bits per heavy atom. The van der Waals surface area contributed by atoms with E-state index in [0.29, 0.717) is 32.6 Å². The van der Waals surface area contributed by atoms with Gasteiger partial charge in [-0.3, -0.25) is 9.59 Å². The third kappa shape index (κ3) is 4.44. The Labute approximate surface area is 205 Å². The fraction of sp³-hybridized carbons (Fsp3) is 0.200. The number of rotatable bonds is 6. The molecule has 0 atom stereocenters. The maximum absolute atomic E-state index is 13.5. The van der Waals surface area contributed by atoms with Gasteiger partial charge in [-0.1, -0.05) is 24.3 Å². The normalized spacial score (nSPS) is 10.8. The SMILES string of the molecule is CCOC(=O)c1c(NC(=O)c2cc(-c3cccs3)nc3ccccc23)sc(C(=O)N(C)C)c1C. The van der Waals surface area contributed by atoms with Crippen LogP contribution >= 0.6 is 22.7 Å². The van der Waals surface area contributed by atoms with Crippen LogP contribution in [0.25, 0.3) is 21.5 Å². The number of carbonyl (C=O) groups is 3. The molecule has 0 saturated heterocycles. The highest BCUT2D eigenvalue weighted by Gasteiger charge is 2.28. The van der Waals surface area contributed by atoms with Crippen molar-refractivity contribution in [3.8, 4) is 10.6 Å². The smallest absolute Gasteiger partial charge is 0.341 e. The molecule has 0 bridgehead atoms. The molecule has 3 heterocycles. The molecule has 0 radical (unpaired) electrons. The lowest BCUT2D eigenvalue weighted by atomic mass is 10.1. The molecular weight excluding hydrogens is 470 g/mol. The fourth-order valence-corrected chi connectivity index (χ4v) is 5.44. The van der Waals surface area contributed by atoms with Gasteiger partial charge >= 0.3 is 5.97 Å². The van der Waals surface area contributed by atoms with E-state index in [1.807, 2.05) is 41.8 Å². The second-order valence-electron chi connectivity index (χ2n) is 7.68. The van der Waals surface area contributed by atoms with E-state index in [-0.39, 0.29) is 23.1 Å². The van der Waals surface area contributed by atoms with Crippen molar-refractivity contribution in [1.29, 1.82) is 0 Å². The predicted octanol–water partition coefficient (Wildman–Crippen LogP) is 5.46. The average molecular weight is 494 g/mol. The van der Waals surface area contributed by atoms with Gasteiger partial charge in [-0.15, -0.1) is 22.7 Å². The van der Waals surface area contributed by atoms with Crippen molar-refractivity contribution in [2.45, 2.75) is 13.8 Å². The fourth-order valence-electron chi connectivity index (χ4n) is 3.54. The van der Waals surface area contributed by atoms with E-state index >= 15 is 0 Å². The molecule has 0 aliphatic rings. The monoisotopic (exact) mass is 493 g/mol. The number of nitrogens with one attached hydrogen (secondary N) is 1. The molecule has 2 amide bonds. The maximum atomic E-state index is 13.5. The van der Waals surface area contributed by atoms with E-state index in [0.717, 1.165) is 16.2 Å². The summed E-state index contributed by atoms with van der Waals surface area (Å²) in [7, 11) is 3.28. The first kappa shape index (κ1) is 23.6. The second kappa shape index (κ2) is 9.74. The van der Waals surface area contributed by atoms with Crippen LogP contribution in [0.5, 0.6) is 0 Å². The first-order chi connectivity index (χ1) is 16.3. The minimum absolute atomic E-state index is 0.178. The van der Waals surface area contributed by atoms with Gasteiger partial charge in [0.25, 0.3) is 11.8 Å². The first-order valence-electron chi connectivity index (χ1n) is 10.6. The van der Waals surface area contributed by atoms with Gasteiger partial charge in [0.1, 0.15) is 5.00 Å². The number of hydrogen-bond donors (Lipinski definition) is 1. The van der Waals surface area contributed by atoms with Gasteiger partial charge in [0.2, 0.25) is 0 Å². The first-order valence-corrected chi connectivity index (χ1v) is 12.3. The van der Waals surface area contributed by atoms with Crippen molar-refractivity contribution in [2.75, 3.05) is 26.0 Å². The van der Waals surface area contributed by atoms with Crippen molar-refractivity contribution >= 4 is 56.4 Å². The summed E-state index contributed by atoms with van der Waals surface area (Å²) in [4.78, 5) is 46.4. The predicted molar refractivity (Wildman–Crippen MR) is 136 cm³/mol. The summed E-state index contributed by atoms with van der Waals surface area (Å²) in [6.07, 6.45) is 0. The van der Waals surface area contributed by atoms with E-state index < -0.39 is 11.9 Å². The molecule has 174 valence electrons. The molecular formula is C25H23N3O4S2. The number of ether oxygens (including phenoxy) is 1. The number of fused-ring (bicyclic) bond motifs is 1. The van der Waals surface area contributed by atoms with Crippen molar-refractivity contribution < 1.29 is 19.1 Å². The van der Waals surface area contributed by atoms with Crippen LogP contribution in [0.2, 0.25) is 0 Å². The number of nitrogens with zero attached hydrogens (tertiary/aromatic N) is 2. The summed E-state index contributed by atoms with van der Waals surface area (Å²) < 4.78 is 5.21. The summed E-state index contributed by atoms with van der Waals surface area (Å²) in [6, 6.07) is 13.0. The zero-order valence-electron chi connectivity index (χ0n) is 19.2. The Morgan fingerprint density at radius 2 is 1.88 bits per heavy atom. The standard InChI is InChI=1S/C25H23N3O4S2/c1-5-32-25(31)20-14(2)21(24(30)28(3)4)34-23(20)27-22(29)16-13-18(19-11-8-12-33-19)26-17-10-7-6-9-15(16)17/h6-13H,5H2,1-4H3,(H,27,29). The largest absolute Gasteiger partial charge is 0.462 e. The lowest BCUT2D eigenvalue weighted by Gasteiger charge is -2.10. The van der Waals surface area contributed by atoms with E-state index in [4.69, 9.17) is 9.72 Å². The number of benzene rings is 1. The van der Waals surface area contributed by atoms with Crippen LogP contribution in [0.1, 0.15) is 42.9 Å². The number of thiophene rings is 2. The van der Waals surface area contributed by atoms with E-state index in [2.05, 4.69) is 5.32 Å². The lowest BCUT2D eigenvalue weighted by Crippen LogP contribution is -2.21. The molecule has 4 rings (SSSR count). The van der Waals surface area contributed by atoms with Gasteiger partial charge in [0.05, 0.1) is 38.7 Å². The van der Waals surface area contributed by atoms with Crippen molar-refractivity contribution in [1.82, 2.24) is 9.88 Å². The molecule has 0 aliphatic heterocycles. The molecule has 1 N–H and O–H groups in total. The molecule has 9 heteroatoms. The van der Waals surface area contributed by atoms with Gasteiger partial charge in [-0.25, -0.2) is 9.78 Å². The quantitative estimate of drug-likeness (QED) is 0.360. The van der Waals surface area contributed by atoms with Gasteiger partial charge < -0.3 is 15.0 Å². The van der Waals surface area contributed by atoms with Crippen LogP contribution < -0.4 is 5.32 Å². The van der Waals surface area contributed by atoms with Crippen LogP contribution in [-0.4, -0.2) is 48.4 Å². The molecule has 0 aliphatic carbocycles. The maximum Gasteiger partial charge on any atom is 0.341 e. The second-order valence-corrected chi connectivity index (χ2v) is 9.65. The minimum Gasteiger partial charge on any atom is -0.462 e. The Bertz CT molecular complexity index is 1390. The third-order valence-electron chi connectivity index (χ3n) is 5.19. The highest BCUT2D eigenvalue weighted by molar-refractivity contribution is 7.18. The topological polar surface area (TPSA) is 88.6 Å². The van der Waals surface area contributed by atoms with Crippen molar-refractivity contribution in [3.63, 3.8) is 0 Å². The summed E-state index contributed by atoms with van der Waals surface area (Å²) in [5.74, 6) is -1.22. The lowest BCUT2D eigenvalue weighted by molar-refractivity contribution is 0.0527. The summed E-state index contributed by atoms with van der Waals surface area (Å²) in [6.45, 7) is 3.57. The van der Waals surface area contributed by atoms with E-state index in [1.165, 1.54) is 16.2 Å². The molecule has 0 saturated carbocycles. The number of hydrogen-bond acceptors (Lipinski definition) is 7. The Kier molecular flexibility index (Phi) is 6.76. The van der Waals surface area contributed by atoms with Crippen LogP contribution in [-0.2, 0) is 4.74 Å². The van der Waals surface area contributed by atoms with Gasteiger partial charge in [0.15, 0.2) is 0 Å². The molecule has 4 aromatic rings. The number of anilines is 1. The zero-order chi connectivity index (χ0) is 24.4. The molecule has 0 fully saturated rings. The van der Waals surface area contributed by atoms with Gasteiger partial charge in [-0.05, 0) is 43.0 Å². The third-order valence-corrected chi connectivity index (χ3v) is 7.28. The molecule has 7 nitrogen and oxygen atoms in total. The molecule has 0 spiro atoms. The van der Waals surface area contributed by atoms with Crippen molar-refractivity contribution in [3.05, 3.63) is 69.4 Å². The highest BCUT2D eigenvalue weighted by atomic mass is 32.1. The van der Waals surface area contributed by atoms with Crippen LogP contribution in [0.4, 0.5) is 5.00 Å². The van der Waals surface area contributed by atoms with E-state index in [9.17, 15) is 14.4 Å². The number of pyridine rings is 1. The summed E-state index contributed by atoms with van der Waals surface area (Å²) in [5, 5.41) is 5.80. The van der Waals surface area contributed by atoms with Crippen molar-refractivity contribution in [2.24, 2.45) is 0 Å². The summed E-state index contributed by atoms with van der Waals surface area (Å²) >= 11 is 2.61. The van der Waals surface area contributed by atoms with Gasteiger partial charge in [-0.2, -0.15) is 0 Å². The summed E-state index contributed by atoms with van der Waals surface area (Å²) in [5.41, 5.74) is 2.49. The van der Waals surface area contributed by atoms with E-state index in [1.54, 1.807) is 34.0 Å². The molecule has 34 heavy (non-hydrogen) atoms. The number of para-hydroxylation sites is 1. The van der Waals surface area contributed by atoms with Gasteiger partial charge in [0, 0.05) is 19.5 Å².